The number of hydrogen-bond acceptors (Lipinski definition) is 2. The second kappa shape index (κ2) is 5.92. The lowest BCUT2D eigenvalue weighted by Crippen LogP contribution is -2.48. The molecule has 1 aromatic carbocycles. The van der Waals surface area contributed by atoms with Gasteiger partial charge in [-0.15, -0.1) is 0 Å². The maximum Gasteiger partial charge on any atom is 0.416 e. The van der Waals surface area contributed by atoms with Crippen LogP contribution in [0.3, 0.4) is 0 Å². The van der Waals surface area contributed by atoms with E-state index in [2.05, 4.69) is 17.1 Å². The van der Waals surface area contributed by atoms with Crippen LogP contribution in [-0.4, -0.2) is 37.1 Å². The van der Waals surface area contributed by atoms with Gasteiger partial charge in [-0.25, -0.2) is 0 Å². The Morgan fingerprint density at radius 1 is 1.16 bits per heavy atom. The molecule has 2 nitrogen and oxygen atoms in total. The molecule has 0 aromatic heterocycles. The molecule has 1 aromatic rings. The maximum atomic E-state index is 12.5. The number of halogens is 3. The molecule has 0 amide bonds. The summed E-state index contributed by atoms with van der Waals surface area (Å²) in [5.74, 6) is 0. The Labute approximate surface area is 111 Å². The fourth-order valence-electron chi connectivity index (χ4n) is 2.42. The van der Waals surface area contributed by atoms with Gasteiger partial charge in [0.15, 0.2) is 0 Å². The van der Waals surface area contributed by atoms with Gasteiger partial charge in [0.05, 0.1) is 5.56 Å². The molecule has 0 bridgehead atoms. The van der Waals surface area contributed by atoms with Gasteiger partial charge in [0.25, 0.3) is 0 Å². The van der Waals surface area contributed by atoms with Crippen LogP contribution in [0.1, 0.15) is 18.1 Å². The van der Waals surface area contributed by atoms with Crippen molar-refractivity contribution in [1.82, 2.24) is 10.2 Å². The van der Waals surface area contributed by atoms with E-state index < -0.39 is 11.7 Å². The molecule has 1 unspecified atom stereocenters. The SMILES string of the molecule is CC(Cc1ccc(C(F)(F)F)cc1)N1CCNCC1. The van der Waals surface area contributed by atoms with Crippen molar-refractivity contribution in [1.29, 1.82) is 0 Å². The highest BCUT2D eigenvalue weighted by Gasteiger charge is 2.30. The third-order valence-electron chi connectivity index (χ3n) is 3.59. The molecule has 2 rings (SSSR count). The number of hydrogen-bond donors (Lipinski definition) is 1. The molecule has 5 heteroatoms. The topological polar surface area (TPSA) is 15.3 Å². The summed E-state index contributed by atoms with van der Waals surface area (Å²) in [4.78, 5) is 2.37. The van der Waals surface area contributed by atoms with Gasteiger partial charge in [-0.2, -0.15) is 13.2 Å². The lowest BCUT2D eigenvalue weighted by Gasteiger charge is -2.32. The highest BCUT2D eigenvalue weighted by molar-refractivity contribution is 5.25. The van der Waals surface area contributed by atoms with Crippen LogP contribution in [-0.2, 0) is 12.6 Å². The second-order valence-electron chi connectivity index (χ2n) is 5.03. The zero-order valence-corrected chi connectivity index (χ0v) is 11.0. The number of piperazine rings is 1. The van der Waals surface area contributed by atoms with Crippen molar-refractivity contribution in [3.05, 3.63) is 35.4 Å². The standard InChI is InChI=1S/C14H19F3N2/c1-11(19-8-6-18-7-9-19)10-12-2-4-13(5-3-12)14(15,16)17/h2-5,11,18H,6-10H2,1H3. The first-order chi connectivity index (χ1) is 8.97. The summed E-state index contributed by atoms with van der Waals surface area (Å²) < 4.78 is 37.4. The lowest BCUT2D eigenvalue weighted by molar-refractivity contribution is -0.137. The van der Waals surface area contributed by atoms with Crippen molar-refractivity contribution in [2.45, 2.75) is 25.6 Å². The number of alkyl halides is 3. The van der Waals surface area contributed by atoms with Crippen molar-refractivity contribution in [2.24, 2.45) is 0 Å². The Kier molecular flexibility index (Phi) is 4.47. The summed E-state index contributed by atoms with van der Waals surface area (Å²) in [6.45, 7) is 6.10. The fourth-order valence-corrected chi connectivity index (χ4v) is 2.42. The van der Waals surface area contributed by atoms with Crippen molar-refractivity contribution in [3.63, 3.8) is 0 Å². The molecular formula is C14H19F3N2. The predicted octanol–water partition coefficient (Wildman–Crippen LogP) is 2.54. The molecule has 1 N–H and O–H groups in total. The van der Waals surface area contributed by atoms with E-state index in [1.165, 1.54) is 12.1 Å². The van der Waals surface area contributed by atoms with Crippen LogP contribution < -0.4 is 5.32 Å². The van der Waals surface area contributed by atoms with Crippen molar-refractivity contribution in [2.75, 3.05) is 26.2 Å². The van der Waals surface area contributed by atoms with Crippen LogP contribution in [0.4, 0.5) is 13.2 Å². The van der Waals surface area contributed by atoms with E-state index in [0.29, 0.717) is 6.04 Å². The van der Waals surface area contributed by atoms with Gasteiger partial charge < -0.3 is 5.32 Å². The van der Waals surface area contributed by atoms with E-state index in [4.69, 9.17) is 0 Å². The third kappa shape index (κ3) is 3.94. The molecule has 0 aliphatic carbocycles. The molecule has 1 aliphatic rings. The minimum Gasteiger partial charge on any atom is -0.314 e. The number of rotatable bonds is 3. The summed E-state index contributed by atoms with van der Waals surface area (Å²) in [5.41, 5.74) is 0.380. The maximum absolute atomic E-state index is 12.5. The Bertz CT molecular complexity index is 394. The van der Waals surface area contributed by atoms with E-state index in [1.54, 1.807) is 12.1 Å². The van der Waals surface area contributed by atoms with Crippen molar-refractivity contribution < 1.29 is 13.2 Å². The molecule has 106 valence electrons. The first kappa shape index (κ1) is 14.3. The summed E-state index contributed by atoms with van der Waals surface area (Å²) in [6, 6.07) is 5.86. The van der Waals surface area contributed by atoms with Gasteiger partial charge in [-0.3, -0.25) is 4.90 Å². The summed E-state index contributed by atoms with van der Waals surface area (Å²) in [7, 11) is 0. The Balaban J connectivity index is 1.95. The Morgan fingerprint density at radius 2 is 1.74 bits per heavy atom. The Morgan fingerprint density at radius 3 is 2.26 bits per heavy atom. The average Bonchev–Trinajstić information content (AvgIpc) is 2.39. The zero-order valence-electron chi connectivity index (χ0n) is 11.0. The van der Waals surface area contributed by atoms with Crippen LogP contribution >= 0.6 is 0 Å². The monoisotopic (exact) mass is 272 g/mol. The van der Waals surface area contributed by atoms with E-state index in [1.807, 2.05) is 0 Å². The fraction of sp³-hybridized carbons (Fsp3) is 0.571. The Hall–Kier alpha value is -1.07. The quantitative estimate of drug-likeness (QED) is 0.909. The van der Waals surface area contributed by atoms with Crippen molar-refractivity contribution in [3.8, 4) is 0 Å². The van der Waals surface area contributed by atoms with E-state index >= 15 is 0 Å². The average molecular weight is 272 g/mol. The van der Waals surface area contributed by atoms with Gasteiger partial charge in [0, 0.05) is 32.2 Å². The molecule has 0 spiro atoms. The molecule has 1 saturated heterocycles. The van der Waals surface area contributed by atoms with Crippen LogP contribution in [0, 0.1) is 0 Å². The largest absolute Gasteiger partial charge is 0.416 e. The van der Waals surface area contributed by atoms with E-state index in [-0.39, 0.29) is 0 Å². The molecule has 1 heterocycles. The molecule has 0 radical (unpaired) electrons. The summed E-state index contributed by atoms with van der Waals surface area (Å²) >= 11 is 0. The van der Waals surface area contributed by atoms with Crippen LogP contribution in [0.2, 0.25) is 0 Å². The number of benzene rings is 1. The first-order valence-corrected chi connectivity index (χ1v) is 6.58. The van der Waals surface area contributed by atoms with Crippen molar-refractivity contribution >= 4 is 0 Å². The number of nitrogens with one attached hydrogen (secondary N) is 1. The second-order valence-corrected chi connectivity index (χ2v) is 5.03. The molecule has 1 aliphatic heterocycles. The van der Waals surface area contributed by atoms with Gasteiger partial charge in [0.2, 0.25) is 0 Å². The smallest absolute Gasteiger partial charge is 0.314 e. The van der Waals surface area contributed by atoms with Crippen LogP contribution in [0.15, 0.2) is 24.3 Å². The van der Waals surface area contributed by atoms with Gasteiger partial charge in [0.1, 0.15) is 0 Å². The van der Waals surface area contributed by atoms with Gasteiger partial charge in [-0.1, -0.05) is 12.1 Å². The van der Waals surface area contributed by atoms with E-state index in [0.717, 1.165) is 38.2 Å². The third-order valence-corrected chi connectivity index (χ3v) is 3.59. The minimum absolute atomic E-state index is 0.360. The van der Waals surface area contributed by atoms with Crippen LogP contribution in [0.25, 0.3) is 0 Å². The zero-order chi connectivity index (χ0) is 13.9. The highest BCUT2D eigenvalue weighted by Crippen LogP contribution is 2.29. The van der Waals surface area contributed by atoms with E-state index in [9.17, 15) is 13.2 Å². The summed E-state index contributed by atoms with van der Waals surface area (Å²) in [5, 5.41) is 3.29. The molecular weight excluding hydrogens is 253 g/mol. The molecule has 1 atom stereocenters. The molecule has 0 saturated carbocycles. The normalized spacial score (nSPS) is 19.4. The van der Waals surface area contributed by atoms with Crippen LogP contribution in [0.5, 0.6) is 0 Å². The van der Waals surface area contributed by atoms with Gasteiger partial charge in [-0.05, 0) is 31.0 Å². The summed E-state index contributed by atoms with van der Waals surface area (Å²) in [6.07, 6.45) is -3.46. The first-order valence-electron chi connectivity index (χ1n) is 6.58. The highest BCUT2D eigenvalue weighted by atomic mass is 19.4. The molecule has 19 heavy (non-hydrogen) atoms. The molecule has 1 fully saturated rings. The van der Waals surface area contributed by atoms with Gasteiger partial charge >= 0.3 is 6.18 Å². The number of nitrogens with zero attached hydrogens (tertiary/aromatic N) is 1. The minimum atomic E-state index is -4.25. The predicted molar refractivity (Wildman–Crippen MR) is 69.1 cm³/mol. The lowest BCUT2D eigenvalue weighted by atomic mass is 10.0.